The molecule has 0 aromatic rings. The molecule has 0 aliphatic carbocycles. The van der Waals surface area contributed by atoms with E-state index in [1.54, 1.807) is 6.92 Å². The first-order valence-corrected chi connectivity index (χ1v) is 27.4. The van der Waals surface area contributed by atoms with E-state index >= 15 is 0 Å². The van der Waals surface area contributed by atoms with Crippen molar-refractivity contribution in [2.45, 2.75) is 278 Å². The van der Waals surface area contributed by atoms with E-state index in [2.05, 4.69) is 37.3 Å². The lowest BCUT2D eigenvalue weighted by Crippen LogP contribution is -2.32. The van der Waals surface area contributed by atoms with Crippen LogP contribution in [0.1, 0.15) is 266 Å². The second-order valence-corrected chi connectivity index (χ2v) is 19.8. The van der Waals surface area contributed by atoms with E-state index in [0.717, 1.165) is 129 Å². The minimum atomic E-state index is -3.17. The highest BCUT2D eigenvalue weighted by atomic mass is 32.2. The summed E-state index contributed by atoms with van der Waals surface area (Å²) in [5.41, 5.74) is 0. The summed E-state index contributed by atoms with van der Waals surface area (Å²) in [6.07, 6.45) is 40.6. The van der Waals surface area contributed by atoms with Crippen LogP contribution < -0.4 is 4.72 Å². The number of esters is 2. The molecule has 0 heterocycles. The molecule has 0 saturated carbocycles. The lowest BCUT2D eigenvalue weighted by atomic mass is 10.0. The van der Waals surface area contributed by atoms with Crippen molar-refractivity contribution in [3.05, 3.63) is 0 Å². The zero-order valence-corrected chi connectivity index (χ0v) is 40.8. The standard InChI is InChI=1S/C50H100N2O6S/c1-6-11-14-17-22-29-38-47(37-9-4)57-49(53)41-32-25-20-27-34-44-52(46-36-43-51-59(55,56)10-5)45-35-28-21-26-33-42-50(54)58-48(39-30-23-18-15-12-7-2)40-31-24-19-16-13-8-3/h47-48,51H,6-46H2,1-5H3. The van der Waals surface area contributed by atoms with Crippen molar-refractivity contribution in [1.29, 1.82) is 0 Å². The lowest BCUT2D eigenvalue weighted by molar-refractivity contribution is -0.151. The molecule has 0 amide bonds. The van der Waals surface area contributed by atoms with Crippen molar-refractivity contribution in [2.75, 3.05) is 31.9 Å². The summed E-state index contributed by atoms with van der Waals surface area (Å²) < 4.78 is 38.5. The Kier molecular flexibility index (Phi) is 42.6. The molecule has 0 rings (SSSR count). The maximum absolute atomic E-state index is 12.8. The van der Waals surface area contributed by atoms with Gasteiger partial charge >= 0.3 is 11.9 Å². The summed E-state index contributed by atoms with van der Waals surface area (Å²) in [6.45, 7) is 14.0. The summed E-state index contributed by atoms with van der Waals surface area (Å²) >= 11 is 0. The molecule has 1 N–H and O–H groups in total. The first-order valence-electron chi connectivity index (χ1n) is 25.8. The fourth-order valence-corrected chi connectivity index (χ4v) is 8.69. The maximum Gasteiger partial charge on any atom is 0.306 e. The van der Waals surface area contributed by atoms with E-state index < -0.39 is 10.0 Å². The molecule has 0 aliphatic rings. The van der Waals surface area contributed by atoms with Crippen LogP contribution in [-0.4, -0.2) is 69.4 Å². The Morgan fingerprint density at radius 1 is 0.424 bits per heavy atom. The van der Waals surface area contributed by atoms with Gasteiger partial charge in [0.25, 0.3) is 0 Å². The SMILES string of the molecule is CCCCCCCCC(CCC)OC(=O)CCCCCCCN(CCCCCCCC(=O)OC(CCCCCCCC)CCCCCCCC)CCCNS(=O)(=O)CC. The van der Waals surface area contributed by atoms with Crippen LogP contribution in [0.5, 0.6) is 0 Å². The number of hydrogen-bond acceptors (Lipinski definition) is 7. The van der Waals surface area contributed by atoms with Crippen LogP contribution in [0.4, 0.5) is 0 Å². The molecule has 0 aromatic carbocycles. The van der Waals surface area contributed by atoms with Crippen LogP contribution >= 0.6 is 0 Å². The highest BCUT2D eigenvalue weighted by molar-refractivity contribution is 7.89. The van der Waals surface area contributed by atoms with Crippen molar-refractivity contribution < 1.29 is 27.5 Å². The third-order valence-electron chi connectivity index (χ3n) is 11.9. The average molecular weight is 857 g/mol. The van der Waals surface area contributed by atoms with Crippen molar-refractivity contribution in [1.82, 2.24) is 9.62 Å². The second-order valence-electron chi connectivity index (χ2n) is 17.7. The normalized spacial score (nSPS) is 12.5. The Balaban J connectivity index is 4.51. The van der Waals surface area contributed by atoms with Gasteiger partial charge in [0.05, 0.1) is 5.75 Å². The van der Waals surface area contributed by atoms with Crippen molar-refractivity contribution in [3.8, 4) is 0 Å². The quantitative estimate of drug-likeness (QED) is 0.0480. The molecular weight excluding hydrogens is 757 g/mol. The van der Waals surface area contributed by atoms with Crippen LogP contribution in [0.15, 0.2) is 0 Å². The number of ether oxygens (including phenoxy) is 2. The molecule has 1 atom stereocenters. The minimum absolute atomic E-state index is 0.00353. The van der Waals surface area contributed by atoms with Crippen LogP contribution in [0, 0.1) is 0 Å². The van der Waals surface area contributed by atoms with Gasteiger partial charge in [-0.15, -0.1) is 0 Å². The Morgan fingerprint density at radius 3 is 1.15 bits per heavy atom. The maximum atomic E-state index is 12.8. The highest BCUT2D eigenvalue weighted by Gasteiger charge is 2.16. The fourth-order valence-electron chi connectivity index (χ4n) is 8.03. The molecule has 0 aromatic heterocycles. The Labute approximate surface area is 367 Å². The topological polar surface area (TPSA) is 102 Å². The van der Waals surface area contributed by atoms with E-state index in [9.17, 15) is 18.0 Å². The molecule has 59 heavy (non-hydrogen) atoms. The van der Waals surface area contributed by atoms with Gasteiger partial charge in [0, 0.05) is 19.4 Å². The molecule has 9 heteroatoms. The van der Waals surface area contributed by atoms with Gasteiger partial charge in [-0.2, -0.15) is 0 Å². The van der Waals surface area contributed by atoms with Gasteiger partial charge in [0.15, 0.2) is 0 Å². The fraction of sp³-hybridized carbons (Fsp3) is 0.960. The van der Waals surface area contributed by atoms with Gasteiger partial charge in [-0.05, 0) is 104 Å². The summed E-state index contributed by atoms with van der Waals surface area (Å²) in [5.74, 6) is 0.0885. The van der Waals surface area contributed by atoms with E-state index in [1.165, 1.54) is 109 Å². The van der Waals surface area contributed by atoms with Crippen LogP contribution in [-0.2, 0) is 29.1 Å². The van der Waals surface area contributed by atoms with E-state index in [-0.39, 0.29) is 29.9 Å². The third-order valence-corrected chi connectivity index (χ3v) is 13.3. The van der Waals surface area contributed by atoms with E-state index in [1.807, 2.05) is 0 Å². The van der Waals surface area contributed by atoms with Crippen molar-refractivity contribution >= 4 is 22.0 Å². The molecule has 8 nitrogen and oxygen atoms in total. The largest absolute Gasteiger partial charge is 0.462 e. The summed E-state index contributed by atoms with van der Waals surface area (Å²) in [5, 5.41) is 0. The molecule has 0 aliphatic heterocycles. The number of carbonyl (C=O) groups excluding carboxylic acids is 2. The predicted molar refractivity (Wildman–Crippen MR) is 253 cm³/mol. The first-order chi connectivity index (χ1) is 28.7. The average Bonchev–Trinajstić information content (AvgIpc) is 3.22. The molecule has 0 radical (unpaired) electrons. The number of carbonyl (C=O) groups is 2. The van der Waals surface area contributed by atoms with Crippen molar-refractivity contribution in [2.24, 2.45) is 0 Å². The number of rotatable bonds is 47. The van der Waals surface area contributed by atoms with Crippen LogP contribution in [0.2, 0.25) is 0 Å². The monoisotopic (exact) mass is 857 g/mol. The van der Waals surface area contributed by atoms with E-state index in [0.29, 0.717) is 19.4 Å². The smallest absolute Gasteiger partial charge is 0.306 e. The lowest BCUT2D eigenvalue weighted by Gasteiger charge is -2.22. The Hall–Kier alpha value is -1.19. The summed E-state index contributed by atoms with van der Waals surface area (Å²) in [4.78, 5) is 27.9. The number of nitrogens with zero attached hydrogens (tertiary/aromatic N) is 1. The van der Waals surface area contributed by atoms with Gasteiger partial charge in [0.2, 0.25) is 10.0 Å². The third kappa shape index (κ3) is 40.6. The van der Waals surface area contributed by atoms with Gasteiger partial charge in [-0.1, -0.05) is 169 Å². The zero-order chi connectivity index (χ0) is 43.5. The number of nitrogens with one attached hydrogen (secondary N) is 1. The Morgan fingerprint density at radius 2 is 0.763 bits per heavy atom. The van der Waals surface area contributed by atoms with Gasteiger partial charge in [0.1, 0.15) is 12.2 Å². The predicted octanol–water partition coefficient (Wildman–Crippen LogP) is 14.2. The number of sulfonamides is 1. The molecule has 1 unspecified atom stereocenters. The molecule has 0 bridgehead atoms. The first kappa shape index (κ1) is 57.8. The van der Waals surface area contributed by atoms with Gasteiger partial charge < -0.3 is 14.4 Å². The molecule has 352 valence electrons. The van der Waals surface area contributed by atoms with Crippen LogP contribution in [0.3, 0.4) is 0 Å². The number of hydrogen-bond donors (Lipinski definition) is 1. The van der Waals surface area contributed by atoms with Crippen molar-refractivity contribution in [3.63, 3.8) is 0 Å². The molecular formula is C50H100N2O6S. The highest BCUT2D eigenvalue weighted by Crippen LogP contribution is 2.19. The Bertz CT molecular complexity index is 1010. The minimum Gasteiger partial charge on any atom is -0.462 e. The number of unbranched alkanes of at least 4 members (excludes halogenated alkanes) is 23. The van der Waals surface area contributed by atoms with E-state index in [4.69, 9.17) is 9.47 Å². The second kappa shape index (κ2) is 43.5. The summed E-state index contributed by atoms with van der Waals surface area (Å²) in [6, 6.07) is 0. The van der Waals surface area contributed by atoms with Gasteiger partial charge in [-0.25, -0.2) is 13.1 Å². The van der Waals surface area contributed by atoms with Crippen LogP contribution in [0.25, 0.3) is 0 Å². The van der Waals surface area contributed by atoms with Gasteiger partial charge in [-0.3, -0.25) is 9.59 Å². The molecule has 0 saturated heterocycles. The zero-order valence-electron chi connectivity index (χ0n) is 40.0. The molecule has 0 fully saturated rings. The summed E-state index contributed by atoms with van der Waals surface area (Å²) in [7, 11) is -3.17. The molecule has 0 spiro atoms.